The number of hydrogen-bond acceptors (Lipinski definition) is 4. The molecule has 0 radical (unpaired) electrons. The number of benzene rings is 3. The molecule has 0 spiro atoms. The van der Waals surface area contributed by atoms with Crippen molar-refractivity contribution in [3.05, 3.63) is 89.7 Å². The predicted octanol–water partition coefficient (Wildman–Crippen LogP) is 4.38. The van der Waals surface area contributed by atoms with E-state index in [0.29, 0.717) is 16.9 Å². The van der Waals surface area contributed by atoms with E-state index in [1.807, 2.05) is 6.92 Å². The van der Waals surface area contributed by atoms with E-state index in [-0.39, 0.29) is 10.7 Å². The molecule has 7 heteroatoms. The number of aryl methyl sites for hydroxylation is 1. The van der Waals surface area contributed by atoms with E-state index < -0.39 is 10.0 Å². The van der Waals surface area contributed by atoms with Crippen LogP contribution in [0.25, 0.3) is 0 Å². The van der Waals surface area contributed by atoms with Crippen LogP contribution in [0.4, 0.5) is 15.8 Å². The van der Waals surface area contributed by atoms with Crippen LogP contribution in [0.2, 0.25) is 0 Å². The van der Waals surface area contributed by atoms with Gasteiger partial charge in [0.2, 0.25) is 0 Å². The summed E-state index contributed by atoms with van der Waals surface area (Å²) in [7, 11) is -3.64. The Bertz CT molecular complexity index is 1050. The van der Waals surface area contributed by atoms with Crippen LogP contribution in [-0.2, 0) is 10.0 Å². The number of nitrogens with one attached hydrogen (secondary N) is 2. The minimum Gasteiger partial charge on any atom is -0.280 e. The normalized spacial score (nSPS) is 11.5. The highest BCUT2D eigenvalue weighted by Gasteiger charge is 2.13. The Balaban J connectivity index is 1.65. The number of sulfonamides is 1. The fraction of sp³-hybridized carbons (Fsp3) is 0.0500. The van der Waals surface area contributed by atoms with Crippen molar-refractivity contribution in [3.63, 3.8) is 0 Å². The van der Waals surface area contributed by atoms with Crippen molar-refractivity contribution in [2.75, 3.05) is 10.1 Å². The average Bonchev–Trinajstić information content (AvgIpc) is 2.65. The highest BCUT2D eigenvalue weighted by Crippen LogP contribution is 2.19. The second-order valence-electron chi connectivity index (χ2n) is 5.89. The molecule has 0 heterocycles. The molecule has 0 saturated carbocycles. The van der Waals surface area contributed by atoms with E-state index in [1.54, 1.807) is 66.7 Å². The molecule has 0 aliphatic carbocycles. The first-order valence-electron chi connectivity index (χ1n) is 8.17. The quantitative estimate of drug-likeness (QED) is 0.490. The molecule has 0 fully saturated rings. The summed E-state index contributed by atoms with van der Waals surface area (Å²) in [5, 5.41) is 3.98. The maximum absolute atomic E-state index is 13.5. The third kappa shape index (κ3) is 4.92. The molecule has 3 aromatic rings. The third-order valence-electron chi connectivity index (χ3n) is 3.77. The van der Waals surface area contributed by atoms with E-state index >= 15 is 0 Å². The zero-order valence-electron chi connectivity index (χ0n) is 14.6. The van der Waals surface area contributed by atoms with Crippen molar-refractivity contribution in [2.24, 2.45) is 5.10 Å². The Morgan fingerprint density at radius 1 is 0.889 bits per heavy atom. The summed E-state index contributed by atoms with van der Waals surface area (Å²) in [5.41, 5.74) is 5.20. The first kappa shape index (κ1) is 18.6. The van der Waals surface area contributed by atoms with E-state index in [1.165, 1.54) is 12.3 Å². The number of halogens is 1. The summed E-state index contributed by atoms with van der Waals surface area (Å²) >= 11 is 0. The summed E-state index contributed by atoms with van der Waals surface area (Å²) in [6.45, 7) is 1.89. The molecular formula is C20H18FN3O2S. The summed E-state index contributed by atoms with van der Waals surface area (Å²) in [6, 6.07) is 19.5. The minimum absolute atomic E-state index is 0.199. The van der Waals surface area contributed by atoms with Gasteiger partial charge in [0.15, 0.2) is 0 Å². The SMILES string of the molecule is Cc1ccc(S(=O)(=O)Nc2ccc(N/N=C/c3ccccc3F)cc2)cc1. The summed E-state index contributed by atoms with van der Waals surface area (Å²) in [5.74, 6) is -0.357. The Hall–Kier alpha value is -3.19. The van der Waals surface area contributed by atoms with Gasteiger partial charge in [0.25, 0.3) is 10.0 Å². The second kappa shape index (κ2) is 8.01. The van der Waals surface area contributed by atoms with Crippen molar-refractivity contribution in [1.82, 2.24) is 0 Å². The Morgan fingerprint density at radius 2 is 1.52 bits per heavy atom. The van der Waals surface area contributed by atoms with Crippen LogP contribution in [0.3, 0.4) is 0 Å². The third-order valence-corrected chi connectivity index (χ3v) is 5.17. The van der Waals surface area contributed by atoms with Gasteiger partial charge in [0, 0.05) is 11.3 Å². The minimum atomic E-state index is -3.64. The monoisotopic (exact) mass is 383 g/mol. The van der Waals surface area contributed by atoms with E-state index in [9.17, 15) is 12.8 Å². The lowest BCUT2D eigenvalue weighted by atomic mass is 10.2. The van der Waals surface area contributed by atoms with Crippen LogP contribution in [0.5, 0.6) is 0 Å². The molecule has 0 saturated heterocycles. The van der Waals surface area contributed by atoms with E-state index in [4.69, 9.17) is 0 Å². The summed E-state index contributed by atoms with van der Waals surface area (Å²) in [6.07, 6.45) is 1.38. The lowest BCUT2D eigenvalue weighted by Crippen LogP contribution is -2.12. The van der Waals surface area contributed by atoms with Crippen LogP contribution in [-0.4, -0.2) is 14.6 Å². The number of rotatable bonds is 6. The highest BCUT2D eigenvalue weighted by molar-refractivity contribution is 7.92. The van der Waals surface area contributed by atoms with Gasteiger partial charge < -0.3 is 0 Å². The first-order valence-corrected chi connectivity index (χ1v) is 9.65. The van der Waals surface area contributed by atoms with Crippen molar-refractivity contribution in [3.8, 4) is 0 Å². The number of nitrogens with zero attached hydrogens (tertiary/aromatic N) is 1. The van der Waals surface area contributed by atoms with Gasteiger partial charge in [-0.25, -0.2) is 12.8 Å². The van der Waals surface area contributed by atoms with E-state index in [2.05, 4.69) is 15.2 Å². The summed E-state index contributed by atoms with van der Waals surface area (Å²) in [4.78, 5) is 0.199. The molecule has 0 amide bonds. The van der Waals surface area contributed by atoms with Gasteiger partial charge in [-0.3, -0.25) is 10.1 Å². The molecule has 0 atom stereocenters. The highest BCUT2D eigenvalue weighted by atomic mass is 32.2. The summed E-state index contributed by atoms with van der Waals surface area (Å²) < 4.78 is 40.8. The van der Waals surface area contributed by atoms with Gasteiger partial charge in [-0.1, -0.05) is 35.9 Å². The number of hydrogen-bond donors (Lipinski definition) is 2. The topological polar surface area (TPSA) is 70.6 Å². The van der Waals surface area contributed by atoms with Gasteiger partial charge in [0.1, 0.15) is 5.82 Å². The molecule has 2 N–H and O–H groups in total. The maximum Gasteiger partial charge on any atom is 0.261 e. The maximum atomic E-state index is 13.5. The van der Waals surface area contributed by atoms with Gasteiger partial charge in [0.05, 0.1) is 16.8 Å². The van der Waals surface area contributed by atoms with Gasteiger partial charge >= 0.3 is 0 Å². The number of anilines is 2. The van der Waals surface area contributed by atoms with Crippen molar-refractivity contribution in [2.45, 2.75) is 11.8 Å². The van der Waals surface area contributed by atoms with Gasteiger partial charge in [-0.2, -0.15) is 5.10 Å². The van der Waals surface area contributed by atoms with Crippen LogP contribution >= 0.6 is 0 Å². The zero-order chi connectivity index (χ0) is 19.3. The zero-order valence-corrected chi connectivity index (χ0v) is 15.4. The average molecular weight is 383 g/mol. The molecule has 5 nitrogen and oxygen atoms in total. The lowest BCUT2D eigenvalue weighted by Gasteiger charge is -2.09. The van der Waals surface area contributed by atoms with Crippen LogP contribution in [0.1, 0.15) is 11.1 Å². The fourth-order valence-electron chi connectivity index (χ4n) is 2.30. The van der Waals surface area contributed by atoms with Crippen molar-refractivity contribution < 1.29 is 12.8 Å². The Labute approximate surface area is 157 Å². The molecule has 0 aliphatic heterocycles. The van der Waals surface area contributed by atoms with Gasteiger partial charge in [-0.15, -0.1) is 0 Å². The van der Waals surface area contributed by atoms with E-state index in [0.717, 1.165) is 5.56 Å². The molecular weight excluding hydrogens is 365 g/mol. The molecule has 0 aromatic heterocycles. The molecule has 0 aliphatic rings. The molecule has 0 unspecified atom stereocenters. The molecule has 27 heavy (non-hydrogen) atoms. The predicted molar refractivity (Wildman–Crippen MR) is 106 cm³/mol. The standard InChI is InChI=1S/C20H18FN3O2S/c1-15-6-12-19(13-7-15)27(25,26)24-18-10-8-17(9-11-18)23-22-14-16-4-2-3-5-20(16)21/h2-14,23-24H,1H3/b22-14+. The van der Waals surface area contributed by atoms with Crippen molar-refractivity contribution in [1.29, 1.82) is 0 Å². The van der Waals surface area contributed by atoms with Crippen LogP contribution < -0.4 is 10.1 Å². The van der Waals surface area contributed by atoms with Gasteiger partial charge in [-0.05, 0) is 49.4 Å². The lowest BCUT2D eigenvalue weighted by molar-refractivity contribution is 0.601. The molecule has 138 valence electrons. The van der Waals surface area contributed by atoms with Crippen LogP contribution in [0, 0.1) is 12.7 Å². The molecule has 0 bridgehead atoms. The largest absolute Gasteiger partial charge is 0.280 e. The van der Waals surface area contributed by atoms with Crippen LogP contribution in [0.15, 0.2) is 82.8 Å². The molecule has 3 rings (SSSR count). The van der Waals surface area contributed by atoms with Crippen molar-refractivity contribution >= 4 is 27.6 Å². The first-order chi connectivity index (χ1) is 12.9. The fourth-order valence-corrected chi connectivity index (χ4v) is 3.36. The smallest absolute Gasteiger partial charge is 0.261 e. The molecule has 3 aromatic carbocycles. The Morgan fingerprint density at radius 3 is 2.19 bits per heavy atom. The second-order valence-corrected chi connectivity index (χ2v) is 7.57. The Kier molecular flexibility index (Phi) is 5.52. The number of hydrazone groups is 1.